The van der Waals surface area contributed by atoms with E-state index in [-0.39, 0.29) is 24.0 Å². The molecule has 1 saturated heterocycles. The molecule has 23 heavy (non-hydrogen) atoms. The van der Waals surface area contributed by atoms with Gasteiger partial charge in [0.05, 0.1) is 12.6 Å². The molecule has 0 aromatic carbocycles. The van der Waals surface area contributed by atoms with E-state index in [2.05, 4.69) is 10.2 Å². The van der Waals surface area contributed by atoms with Crippen molar-refractivity contribution >= 4 is 23.4 Å². The summed E-state index contributed by atoms with van der Waals surface area (Å²) in [6.45, 7) is -0.320. The number of rotatable bonds is 5. The summed E-state index contributed by atoms with van der Waals surface area (Å²) in [6, 6.07) is -2.14. The van der Waals surface area contributed by atoms with Gasteiger partial charge in [0.15, 0.2) is 5.15 Å². The van der Waals surface area contributed by atoms with Crippen LogP contribution in [0.2, 0.25) is 5.15 Å². The fraction of sp³-hybridized carbons (Fsp3) is 0.583. The maximum Gasteiger partial charge on any atom is 0.410 e. The number of hydrogen-bond acceptors (Lipinski definition) is 5. The van der Waals surface area contributed by atoms with Gasteiger partial charge in [0.25, 0.3) is 0 Å². The molecule has 1 aromatic heterocycles. The molecule has 1 fully saturated rings. The van der Waals surface area contributed by atoms with E-state index in [1.54, 1.807) is 0 Å². The Labute approximate surface area is 134 Å². The molecule has 2 rings (SSSR count). The summed E-state index contributed by atoms with van der Waals surface area (Å²) in [5, 5.41) is 9.10. The van der Waals surface area contributed by atoms with Crippen LogP contribution in [0.3, 0.4) is 0 Å². The average Bonchev–Trinajstić information content (AvgIpc) is 2.85. The van der Waals surface area contributed by atoms with Crippen molar-refractivity contribution in [2.24, 2.45) is 0 Å². The SMILES string of the molecule is COCC[C@H](c1cc(N)nnc1Cl)N1CC(C(F)(F)F)NC1=O. The molecule has 7 nitrogen and oxygen atoms in total. The predicted molar refractivity (Wildman–Crippen MR) is 75.8 cm³/mol. The van der Waals surface area contributed by atoms with E-state index >= 15 is 0 Å². The van der Waals surface area contributed by atoms with E-state index < -0.39 is 30.8 Å². The van der Waals surface area contributed by atoms with Gasteiger partial charge in [-0.15, -0.1) is 10.2 Å². The van der Waals surface area contributed by atoms with Crippen LogP contribution in [0.4, 0.5) is 23.8 Å². The van der Waals surface area contributed by atoms with E-state index in [9.17, 15) is 18.0 Å². The molecule has 1 aliphatic rings. The first-order valence-electron chi connectivity index (χ1n) is 6.65. The standard InChI is InChI=1S/C12H15ClF3N5O2/c1-23-3-2-7(6-4-9(17)19-20-10(6)13)21-5-8(12(14,15)16)18-11(21)22/h4,7-8H,2-3,5H2,1H3,(H2,17,19)(H,18,22)/t7-,8?/m1/s1. The Bertz CT molecular complexity index is 586. The second-order valence-corrected chi connectivity index (χ2v) is 5.37. The number of carbonyl (C=O) groups excluding carboxylic acids is 1. The largest absolute Gasteiger partial charge is 0.410 e. The van der Waals surface area contributed by atoms with Crippen LogP contribution in [0, 0.1) is 0 Å². The molecule has 3 N–H and O–H groups in total. The monoisotopic (exact) mass is 353 g/mol. The third-order valence-corrected chi connectivity index (χ3v) is 3.75. The van der Waals surface area contributed by atoms with E-state index in [4.69, 9.17) is 22.1 Å². The molecule has 1 aromatic rings. The maximum absolute atomic E-state index is 12.8. The van der Waals surface area contributed by atoms with Gasteiger partial charge in [0, 0.05) is 19.3 Å². The molecule has 2 heterocycles. The number of nitrogen functional groups attached to an aromatic ring is 1. The highest BCUT2D eigenvalue weighted by Crippen LogP contribution is 2.34. The van der Waals surface area contributed by atoms with E-state index in [1.165, 1.54) is 13.2 Å². The molecule has 0 bridgehead atoms. The Balaban J connectivity index is 2.32. The van der Waals surface area contributed by atoms with Crippen molar-refractivity contribution in [1.29, 1.82) is 0 Å². The zero-order valence-corrected chi connectivity index (χ0v) is 12.9. The minimum Gasteiger partial charge on any atom is -0.385 e. The number of hydrogen-bond donors (Lipinski definition) is 2. The summed E-state index contributed by atoms with van der Waals surface area (Å²) in [4.78, 5) is 13.0. The van der Waals surface area contributed by atoms with E-state index in [0.29, 0.717) is 5.56 Å². The number of alkyl halides is 3. The number of nitrogens with one attached hydrogen (secondary N) is 1. The molecule has 11 heteroatoms. The molecule has 2 atom stereocenters. The van der Waals surface area contributed by atoms with Crippen molar-refractivity contribution in [1.82, 2.24) is 20.4 Å². The number of ether oxygens (including phenoxy) is 1. The number of methoxy groups -OCH3 is 1. The topological polar surface area (TPSA) is 93.4 Å². The van der Waals surface area contributed by atoms with Crippen LogP contribution >= 0.6 is 11.6 Å². The van der Waals surface area contributed by atoms with Gasteiger partial charge < -0.3 is 20.7 Å². The fourth-order valence-electron chi connectivity index (χ4n) is 2.36. The maximum atomic E-state index is 12.8. The molecule has 128 valence electrons. The fourth-order valence-corrected chi connectivity index (χ4v) is 2.58. The molecule has 1 unspecified atom stereocenters. The number of aromatic nitrogens is 2. The number of urea groups is 1. The first kappa shape index (κ1) is 17.5. The van der Waals surface area contributed by atoms with Crippen molar-refractivity contribution in [2.45, 2.75) is 24.7 Å². The molecule has 1 aliphatic heterocycles. The number of carbonyl (C=O) groups is 1. The number of nitrogens with two attached hydrogens (primary N) is 1. The molecular formula is C12H15ClF3N5O2. The molecule has 0 aliphatic carbocycles. The zero-order chi connectivity index (χ0) is 17.2. The van der Waals surface area contributed by atoms with Gasteiger partial charge in [-0.05, 0) is 12.5 Å². The average molecular weight is 354 g/mol. The van der Waals surface area contributed by atoms with E-state index in [1.807, 2.05) is 5.32 Å². The van der Waals surface area contributed by atoms with Crippen molar-refractivity contribution in [3.05, 3.63) is 16.8 Å². The minimum atomic E-state index is -4.53. The van der Waals surface area contributed by atoms with Crippen LogP contribution < -0.4 is 11.1 Å². The van der Waals surface area contributed by atoms with Gasteiger partial charge in [0.1, 0.15) is 11.9 Å². The zero-order valence-electron chi connectivity index (χ0n) is 12.1. The number of halogens is 4. The van der Waals surface area contributed by atoms with Crippen molar-refractivity contribution in [2.75, 3.05) is 26.0 Å². The minimum absolute atomic E-state index is 0.0245. The normalized spacial score (nSPS) is 19.8. The summed E-state index contributed by atoms with van der Waals surface area (Å²) < 4.78 is 43.5. The Kier molecular flexibility index (Phi) is 5.15. The lowest BCUT2D eigenvalue weighted by Gasteiger charge is -2.27. The lowest BCUT2D eigenvalue weighted by molar-refractivity contribution is -0.150. The predicted octanol–water partition coefficient (Wildman–Crippen LogP) is 1.75. The highest BCUT2D eigenvalue weighted by Gasteiger charge is 2.48. The van der Waals surface area contributed by atoms with Gasteiger partial charge in [-0.3, -0.25) is 0 Å². The van der Waals surface area contributed by atoms with Crippen molar-refractivity contribution in [3.63, 3.8) is 0 Å². The highest BCUT2D eigenvalue weighted by molar-refractivity contribution is 6.30. The summed E-state index contributed by atoms with van der Waals surface area (Å²) >= 11 is 5.97. The van der Waals surface area contributed by atoms with Crippen LogP contribution in [0.25, 0.3) is 0 Å². The van der Waals surface area contributed by atoms with Crippen LogP contribution in [0.1, 0.15) is 18.0 Å². The Hall–Kier alpha value is -1.81. The summed E-state index contributed by atoms with van der Waals surface area (Å²) in [5.74, 6) is 0.0544. The van der Waals surface area contributed by atoms with Gasteiger partial charge in [-0.1, -0.05) is 11.6 Å². The second kappa shape index (κ2) is 6.75. The summed E-state index contributed by atoms with van der Waals surface area (Å²) in [6.07, 6.45) is -4.30. The summed E-state index contributed by atoms with van der Waals surface area (Å²) in [7, 11) is 1.44. The van der Waals surface area contributed by atoms with Crippen molar-refractivity contribution in [3.8, 4) is 0 Å². The smallest absolute Gasteiger partial charge is 0.385 e. The third kappa shape index (κ3) is 3.94. The molecule has 0 saturated carbocycles. The van der Waals surface area contributed by atoms with Crippen LogP contribution in [0.15, 0.2) is 6.07 Å². The lowest BCUT2D eigenvalue weighted by Crippen LogP contribution is -2.40. The number of anilines is 1. The third-order valence-electron chi connectivity index (χ3n) is 3.46. The first-order chi connectivity index (χ1) is 10.7. The number of nitrogens with zero attached hydrogens (tertiary/aromatic N) is 3. The highest BCUT2D eigenvalue weighted by atomic mass is 35.5. The van der Waals surface area contributed by atoms with E-state index in [0.717, 1.165) is 4.90 Å². The molecule has 2 amide bonds. The van der Waals surface area contributed by atoms with Gasteiger partial charge >= 0.3 is 12.2 Å². The molecule has 0 spiro atoms. The Morgan fingerprint density at radius 3 is 2.83 bits per heavy atom. The number of amides is 2. The van der Waals surface area contributed by atoms with Gasteiger partial charge in [-0.2, -0.15) is 13.2 Å². The summed E-state index contributed by atoms with van der Waals surface area (Å²) in [5.41, 5.74) is 5.89. The van der Waals surface area contributed by atoms with Crippen LogP contribution in [0.5, 0.6) is 0 Å². The van der Waals surface area contributed by atoms with Gasteiger partial charge in [-0.25, -0.2) is 4.79 Å². The van der Waals surface area contributed by atoms with Crippen molar-refractivity contribution < 1.29 is 22.7 Å². The quantitative estimate of drug-likeness (QED) is 0.841. The Morgan fingerprint density at radius 1 is 1.57 bits per heavy atom. The first-order valence-corrected chi connectivity index (χ1v) is 7.03. The van der Waals surface area contributed by atoms with Crippen LogP contribution in [-0.2, 0) is 4.74 Å². The molecular weight excluding hydrogens is 339 g/mol. The van der Waals surface area contributed by atoms with Gasteiger partial charge in [0.2, 0.25) is 0 Å². The second-order valence-electron chi connectivity index (χ2n) is 5.01. The lowest BCUT2D eigenvalue weighted by atomic mass is 10.0. The Morgan fingerprint density at radius 2 is 2.26 bits per heavy atom. The van der Waals surface area contributed by atoms with Crippen LogP contribution in [-0.4, -0.2) is 53.6 Å². The molecule has 0 radical (unpaired) electrons.